The molecule has 0 fully saturated rings. The van der Waals surface area contributed by atoms with Crippen molar-refractivity contribution in [1.82, 2.24) is 10.3 Å². The van der Waals surface area contributed by atoms with Gasteiger partial charge in [0.15, 0.2) is 11.7 Å². The summed E-state index contributed by atoms with van der Waals surface area (Å²) in [5.41, 5.74) is 1.77. The van der Waals surface area contributed by atoms with E-state index >= 15 is 0 Å². The SMILES string of the molecule is O=C(CCc1ncc(-c2ccc(Cl)cc2)o1)NCCc1ccc(OC(F)F)cc1. The number of carbonyl (C=O) groups excluding carboxylic acids is 1. The van der Waals surface area contributed by atoms with Crippen molar-refractivity contribution in [1.29, 1.82) is 0 Å². The first kappa shape index (κ1) is 20.8. The molecule has 0 aliphatic rings. The molecule has 0 spiro atoms. The van der Waals surface area contributed by atoms with Gasteiger partial charge in [0.05, 0.1) is 6.20 Å². The molecule has 0 aliphatic carbocycles. The Balaban J connectivity index is 1.39. The molecule has 2 aromatic carbocycles. The van der Waals surface area contributed by atoms with Crippen LogP contribution in [-0.2, 0) is 17.6 Å². The number of halogens is 3. The highest BCUT2D eigenvalue weighted by molar-refractivity contribution is 6.30. The lowest BCUT2D eigenvalue weighted by atomic mass is 10.1. The fraction of sp³-hybridized carbons (Fsp3) is 0.238. The van der Waals surface area contributed by atoms with E-state index in [9.17, 15) is 13.6 Å². The van der Waals surface area contributed by atoms with Crippen LogP contribution in [0.25, 0.3) is 11.3 Å². The van der Waals surface area contributed by atoms with Crippen LogP contribution >= 0.6 is 11.6 Å². The third-order valence-electron chi connectivity index (χ3n) is 4.13. The second-order valence-electron chi connectivity index (χ2n) is 6.25. The van der Waals surface area contributed by atoms with Crippen molar-refractivity contribution in [3.63, 3.8) is 0 Å². The molecule has 0 saturated heterocycles. The largest absolute Gasteiger partial charge is 0.441 e. The van der Waals surface area contributed by atoms with E-state index in [0.29, 0.717) is 36.1 Å². The van der Waals surface area contributed by atoms with Gasteiger partial charge < -0.3 is 14.5 Å². The molecule has 1 amide bonds. The Morgan fingerprint density at radius 1 is 1.10 bits per heavy atom. The van der Waals surface area contributed by atoms with Gasteiger partial charge in [-0.15, -0.1) is 0 Å². The molecule has 1 heterocycles. The predicted molar refractivity (Wildman–Crippen MR) is 105 cm³/mol. The smallest absolute Gasteiger partial charge is 0.387 e. The molecule has 0 bridgehead atoms. The minimum Gasteiger partial charge on any atom is -0.441 e. The number of hydrogen-bond acceptors (Lipinski definition) is 4. The fourth-order valence-electron chi connectivity index (χ4n) is 2.67. The summed E-state index contributed by atoms with van der Waals surface area (Å²) in [7, 11) is 0. The van der Waals surface area contributed by atoms with Crippen molar-refractivity contribution in [2.45, 2.75) is 25.9 Å². The molecule has 29 heavy (non-hydrogen) atoms. The van der Waals surface area contributed by atoms with Crippen LogP contribution < -0.4 is 10.1 Å². The van der Waals surface area contributed by atoms with Crippen LogP contribution in [0.2, 0.25) is 5.02 Å². The van der Waals surface area contributed by atoms with Gasteiger partial charge in [0, 0.05) is 30.0 Å². The van der Waals surface area contributed by atoms with Crippen LogP contribution in [-0.4, -0.2) is 24.0 Å². The average Bonchev–Trinajstić information content (AvgIpc) is 3.17. The molecule has 0 saturated carbocycles. The second kappa shape index (κ2) is 10.0. The molecule has 1 aromatic heterocycles. The Hall–Kier alpha value is -2.93. The highest BCUT2D eigenvalue weighted by atomic mass is 35.5. The van der Waals surface area contributed by atoms with Crippen molar-refractivity contribution >= 4 is 17.5 Å². The van der Waals surface area contributed by atoms with Crippen molar-refractivity contribution < 1.29 is 22.7 Å². The molecule has 3 aromatic rings. The lowest BCUT2D eigenvalue weighted by Crippen LogP contribution is -2.25. The highest BCUT2D eigenvalue weighted by Crippen LogP contribution is 2.22. The molecular weight excluding hydrogens is 402 g/mol. The fourth-order valence-corrected chi connectivity index (χ4v) is 2.79. The Bertz CT molecular complexity index is 928. The van der Waals surface area contributed by atoms with Gasteiger partial charge in [0.25, 0.3) is 0 Å². The number of amides is 1. The van der Waals surface area contributed by atoms with Gasteiger partial charge >= 0.3 is 6.61 Å². The van der Waals surface area contributed by atoms with E-state index in [1.54, 1.807) is 30.5 Å². The maximum Gasteiger partial charge on any atom is 0.387 e. The van der Waals surface area contributed by atoms with E-state index in [2.05, 4.69) is 15.0 Å². The summed E-state index contributed by atoms with van der Waals surface area (Å²) in [5.74, 6) is 1.10. The van der Waals surface area contributed by atoms with Gasteiger partial charge in [-0.3, -0.25) is 4.79 Å². The minimum atomic E-state index is -2.84. The summed E-state index contributed by atoms with van der Waals surface area (Å²) in [6.07, 6.45) is 2.85. The average molecular weight is 421 g/mol. The molecule has 3 rings (SSSR count). The predicted octanol–water partition coefficient (Wildman–Crippen LogP) is 4.89. The van der Waals surface area contributed by atoms with E-state index in [0.717, 1.165) is 11.1 Å². The molecule has 1 N–H and O–H groups in total. The second-order valence-corrected chi connectivity index (χ2v) is 6.68. The number of hydrogen-bond donors (Lipinski definition) is 1. The highest BCUT2D eigenvalue weighted by Gasteiger charge is 2.09. The van der Waals surface area contributed by atoms with E-state index in [-0.39, 0.29) is 18.1 Å². The lowest BCUT2D eigenvalue weighted by Gasteiger charge is -2.07. The van der Waals surface area contributed by atoms with Crippen molar-refractivity contribution in [2.24, 2.45) is 0 Å². The first-order valence-corrected chi connectivity index (χ1v) is 9.38. The number of alkyl halides is 2. The number of aryl methyl sites for hydroxylation is 1. The maximum absolute atomic E-state index is 12.1. The summed E-state index contributed by atoms with van der Waals surface area (Å²) >= 11 is 5.87. The first-order chi connectivity index (χ1) is 14.0. The molecule has 5 nitrogen and oxygen atoms in total. The standard InChI is InChI=1S/C21H19ClF2N2O3/c22-16-5-3-15(4-6-16)18-13-26-20(29-18)10-9-19(27)25-12-11-14-1-7-17(8-2-14)28-21(23)24/h1-8,13,21H,9-12H2,(H,25,27). The minimum absolute atomic E-state index is 0.108. The molecule has 152 valence electrons. The molecular formula is C21H19ClF2N2O3. The van der Waals surface area contributed by atoms with E-state index in [1.807, 2.05) is 12.1 Å². The van der Waals surface area contributed by atoms with E-state index in [4.69, 9.17) is 16.0 Å². The Morgan fingerprint density at radius 3 is 2.52 bits per heavy atom. The van der Waals surface area contributed by atoms with Gasteiger partial charge in [-0.2, -0.15) is 8.78 Å². The summed E-state index contributed by atoms with van der Waals surface area (Å²) < 4.78 is 34.2. The van der Waals surface area contributed by atoms with Gasteiger partial charge in [0.2, 0.25) is 5.91 Å². The molecule has 0 radical (unpaired) electrons. The lowest BCUT2D eigenvalue weighted by molar-refractivity contribution is -0.121. The number of benzene rings is 2. The number of carbonyl (C=O) groups is 1. The van der Waals surface area contributed by atoms with Crippen molar-refractivity contribution in [3.05, 3.63) is 71.2 Å². The summed E-state index contributed by atoms with van der Waals surface area (Å²) in [5, 5.41) is 3.46. The van der Waals surface area contributed by atoms with E-state index < -0.39 is 6.61 Å². The summed E-state index contributed by atoms with van der Waals surface area (Å²) in [6.45, 7) is -2.40. The Kier molecular flexibility index (Phi) is 7.19. The molecule has 0 unspecified atom stereocenters. The zero-order chi connectivity index (χ0) is 20.6. The van der Waals surface area contributed by atoms with Crippen LogP contribution in [0.5, 0.6) is 5.75 Å². The number of nitrogens with one attached hydrogen (secondary N) is 1. The molecule has 8 heteroatoms. The number of nitrogens with zero attached hydrogens (tertiary/aromatic N) is 1. The maximum atomic E-state index is 12.1. The van der Waals surface area contributed by atoms with Gasteiger partial charge in [-0.25, -0.2) is 4.98 Å². The normalized spacial score (nSPS) is 10.9. The monoisotopic (exact) mass is 420 g/mol. The van der Waals surface area contributed by atoms with Crippen LogP contribution in [0.4, 0.5) is 8.78 Å². The van der Waals surface area contributed by atoms with Gasteiger partial charge in [-0.1, -0.05) is 23.7 Å². The van der Waals surface area contributed by atoms with Crippen LogP contribution in [0.1, 0.15) is 17.9 Å². The quantitative estimate of drug-likeness (QED) is 0.535. The number of rotatable bonds is 9. The van der Waals surface area contributed by atoms with Gasteiger partial charge in [0.1, 0.15) is 5.75 Å². The van der Waals surface area contributed by atoms with Crippen LogP contribution in [0.15, 0.2) is 59.1 Å². The van der Waals surface area contributed by atoms with E-state index in [1.165, 1.54) is 12.1 Å². The zero-order valence-corrected chi connectivity index (χ0v) is 16.2. The van der Waals surface area contributed by atoms with Crippen molar-refractivity contribution in [2.75, 3.05) is 6.54 Å². The van der Waals surface area contributed by atoms with Crippen molar-refractivity contribution in [3.8, 4) is 17.1 Å². The number of aromatic nitrogens is 1. The Morgan fingerprint density at radius 2 is 1.83 bits per heavy atom. The van der Waals surface area contributed by atoms with Gasteiger partial charge in [-0.05, 0) is 48.4 Å². The Labute approximate surface area is 171 Å². The topological polar surface area (TPSA) is 64.4 Å². The van der Waals surface area contributed by atoms with Crippen LogP contribution in [0.3, 0.4) is 0 Å². The summed E-state index contributed by atoms with van der Waals surface area (Å²) in [4.78, 5) is 16.2. The number of oxazole rings is 1. The molecule has 0 aliphatic heterocycles. The third-order valence-corrected chi connectivity index (χ3v) is 4.38. The first-order valence-electron chi connectivity index (χ1n) is 9.01. The number of ether oxygens (including phenoxy) is 1. The molecule has 0 atom stereocenters. The zero-order valence-electron chi connectivity index (χ0n) is 15.4. The third kappa shape index (κ3) is 6.57. The summed E-state index contributed by atoms with van der Waals surface area (Å²) in [6, 6.07) is 13.5. The van der Waals surface area contributed by atoms with Crippen LogP contribution in [0, 0.1) is 0 Å².